The van der Waals surface area contributed by atoms with Gasteiger partial charge in [-0.1, -0.05) is 70.7 Å². The van der Waals surface area contributed by atoms with E-state index in [4.69, 9.17) is 34.8 Å². The molecule has 3 rings (SSSR count). The van der Waals surface area contributed by atoms with E-state index in [1.165, 1.54) is 42.3 Å². The quantitative estimate of drug-likeness (QED) is 0.370. The summed E-state index contributed by atoms with van der Waals surface area (Å²) in [5, 5.41) is 3.31. The first-order valence-corrected chi connectivity index (χ1v) is 13.8. The first-order chi connectivity index (χ1) is 17.4. The molecule has 3 aromatic rings. The van der Waals surface area contributed by atoms with Crippen LogP contribution in [0.5, 0.6) is 0 Å². The van der Waals surface area contributed by atoms with Gasteiger partial charge in [0.2, 0.25) is 11.8 Å². The van der Waals surface area contributed by atoms with Crippen LogP contribution in [-0.2, 0) is 26.2 Å². The summed E-state index contributed by atoms with van der Waals surface area (Å²) in [6.45, 7) is 2.79. The number of carbonyl (C=O) groups is 2. The van der Waals surface area contributed by atoms with Gasteiger partial charge in [0.1, 0.15) is 12.6 Å². The molecule has 0 saturated heterocycles. The molecule has 7 nitrogen and oxygen atoms in total. The number of amides is 2. The van der Waals surface area contributed by atoms with Crippen LogP contribution in [0.2, 0.25) is 15.1 Å². The maximum absolute atomic E-state index is 13.7. The maximum atomic E-state index is 13.7. The standard InChI is InChI=1S/C26H26Cl3N3O4S/c1-17-8-11-21(12-9-17)37(35,36)32(20-10-13-23(28)24(29)14-20)16-25(33)31(18(2)26(34)30-3)15-19-6-4-5-7-22(19)27/h4-14,18H,15-16H2,1-3H3,(H,30,34)/t18-/m1/s1. The Bertz CT molecular complexity index is 1400. The number of nitrogens with zero attached hydrogens (tertiary/aromatic N) is 2. The molecule has 2 amide bonds. The number of carbonyl (C=O) groups excluding carboxylic acids is 2. The molecule has 0 aliphatic carbocycles. The molecule has 0 unspecified atom stereocenters. The largest absolute Gasteiger partial charge is 0.357 e. The maximum Gasteiger partial charge on any atom is 0.264 e. The van der Waals surface area contributed by atoms with Crippen LogP contribution in [-0.4, -0.2) is 44.8 Å². The number of hydrogen-bond acceptors (Lipinski definition) is 4. The van der Waals surface area contributed by atoms with Gasteiger partial charge < -0.3 is 10.2 Å². The van der Waals surface area contributed by atoms with Crippen LogP contribution >= 0.6 is 34.8 Å². The number of hydrogen-bond donors (Lipinski definition) is 1. The summed E-state index contributed by atoms with van der Waals surface area (Å²) in [6.07, 6.45) is 0. The molecule has 0 bridgehead atoms. The van der Waals surface area contributed by atoms with Crippen LogP contribution in [0, 0.1) is 6.92 Å². The summed E-state index contributed by atoms with van der Waals surface area (Å²) in [4.78, 5) is 27.5. The lowest BCUT2D eigenvalue weighted by Gasteiger charge is -2.32. The Kier molecular flexibility index (Phi) is 9.47. The second-order valence-electron chi connectivity index (χ2n) is 8.33. The zero-order valence-electron chi connectivity index (χ0n) is 20.4. The Morgan fingerprint density at radius 3 is 2.16 bits per heavy atom. The van der Waals surface area contributed by atoms with Crippen molar-refractivity contribution < 1.29 is 18.0 Å². The molecule has 1 atom stereocenters. The van der Waals surface area contributed by atoms with E-state index in [1.807, 2.05) is 6.92 Å². The number of halogens is 3. The number of aryl methyl sites for hydroxylation is 1. The summed E-state index contributed by atoms with van der Waals surface area (Å²) < 4.78 is 28.5. The Balaban J connectivity index is 2.07. The van der Waals surface area contributed by atoms with Crippen molar-refractivity contribution in [2.45, 2.75) is 31.3 Å². The van der Waals surface area contributed by atoms with E-state index in [-0.39, 0.29) is 27.2 Å². The summed E-state index contributed by atoms with van der Waals surface area (Å²) in [5.74, 6) is -1.03. The lowest BCUT2D eigenvalue weighted by molar-refractivity contribution is -0.139. The summed E-state index contributed by atoms with van der Waals surface area (Å²) >= 11 is 18.6. The molecule has 0 aliphatic rings. The molecule has 0 fully saturated rings. The highest BCUT2D eigenvalue weighted by atomic mass is 35.5. The van der Waals surface area contributed by atoms with Gasteiger partial charge in [0.15, 0.2) is 0 Å². The van der Waals surface area contributed by atoms with E-state index in [2.05, 4.69) is 5.32 Å². The van der Waals surface area contributed by atoms with Crippen LogP contribution in [0.3, 0.4) is 0 Å². The fraction of sp³-hybridized carbons (Fsp3) is 0.231. The molecule has 1 N–H and O–H groups in total. The van der Waals surface area contributed by atoms with Crippen molar-refractivity contribution in [3.8, 4) is 0 Å². The van der Waals surface area contributed by atoms with Crippen LogP contribution < -0.4 is 9.62 Å². The lowest BCUT2D eigenvalue weighted by atomic mass is 10.1. The van der Waals surface area contributed by atoms with Gasteiger partial charge in [-0.05, 0) is 55.8 Å². The summed E-state index contributed by atoms with van der Waals surface area (Å²) in [7, 11) is -2.74. The molecule has 37 heavy (non-hydrogen) atoms. The van der Waals surface area contributed by atoms with Gasteiger partial charge in [0.05, 0.1) is 20.6 Å². The van der Waals surface area contributed by atoms with Crippen molar-refractivity contribution in [1.29, 1.82) is 0 Å². The molecule has 0 heterocycles. The lowest BCUT2D eigenvalue weighted by Crippen LogP contribution is -2.50. The number of nitrogens with one attached hydrogen (secondary N) is 1. The number of rotatable bonds is 9. The average Bonchev–Trinajstić information content (AvgIpc) is 2.87. The minimum absolute atomic E-state index is 0.00558. The molecule has 196 valence electrons. The highest BCUT2D eigenvalue weighted by Gasteiger charge is 2.32. The molecular formula is C26H26Cl3N3O4S. The van der Waals surface area contributed by atoms with E-state index in [9.17, 15) is 18.0 Å². The smallest absolute Gasteiger partial charge is 0.264 e. The Morgan fingerprint density at radius 1 is 0.919 bits per heavy atom. The van der Waals surface area contributed by atoms with Crippen molar-refractivity contribution in [1.82, 2.24) is 10.2 Å². The number of likely N-dealkylation sites (N-methyl/N-ethyl adjacent to an activating group) is 1. The van der Waals surface area contributed by atoms with Gasteiger partial charge in [0.25, 0.3) is 10.0 Å². The molecule has 0 aromatic heterocycles. The minimum atomic E-state index is -4.20. The first-order valence-electron chi connectivity index (χ1n) is 11.2. The van der Waals surface area contributed by atoms with Crippen molar-refractivity contribution >= 4 is 62.3 Å². The van der Waals surface area contributed by atoms with E-state index in [1.54, 1.807) is 43.3 Å². The Labute approximate surface area is 232 Å². The molecule has 11 heteroatoms. The van der Waals surface area contributed by atoms with Crippen molar-refractivity contribution in [3.05, 3.63) is 92.9 Å². The third-order valence-electron chi connectivity index (χ3n) is 5.79. The molecule has 0 radical (unpaired) electrons. The Morgan fingerprint density at radius 2 is 1.57 bits per heavy atom. The van der Waals surface area contributed by atoms with Crippen LogP contribution in [0.15, 0.2) is 71.6 Å². The molecule has 3 aromatic carbocycles. The zero-order chi connectivity index (χ0) is 27.3. The molecule has 0 spiro atoms. The van der Waals surface area contributed by atoms with E-state index in [0.717, 1.165) is 9.87 Å². The topological polar surface area (TPSA) is 86.8 Å². The van der Waals surface area contributed by atoms with Crippen molar-refractivity contribution in [2.75, 3.05) is 17.9 Å². The fourth-order valence-electron chi connectivity index (χ4n) is 3.61. The molecular weight excluding hydrogens is 557 g/mol. The van der Waals surface area contributed by atoms with E-state index >= 15 is 0 Å². The molecule has 0 saturated carbocycles. The second-order valence-corrected chi connectivity index (χ2v) is 11.4. The van der Waals surface area contributed by atoms with Gasteiger partial charge in [-0.2, -0.15) is 0 Å². The van der Waals surface area contributed by atoms with E-state index in [0.29, 0.717) is 10.6 Å². The van der Waals surface area contributed by atoms with Gasteiger partial charge in [0, 0.05) is 18.6 Å². The second kappa shape index (κ2) is 12.2. The van der Waals surface area contributed by atoms with Crippen molar-refractivity contribution in [2.24, 2.45) is 0 Å². The number of anilines is 1. The summed E-state index contributed by atoms with van der Waals surface area (Å²) in [6, 6.07) is 16.6. The van der Waals surface area contributed by atoms with Crippen molar-refractivity contribution in [3.63, 3.8) is 0 Å². The first kappa shape index (κ1) is 28.8. The molecule has 0 aliphatic heterocycles. The van der Waals surface area contributed by atoms with Crippen LogP contribution in [0.4, 0.5) is 5.69 Å². The summed E-state index contributed by atoms with van der Waals surface area (Å²) in [5.41, 5.74) is 1.63. The highest BCUT2D eigenvalue weighted by Crippen LogP contribution is 2.31. The zero-order valence-corrected chi connectivity index (χ0v) is 23.5. The predicted octanol–water partition coefficient (Wildman–Crippen LogP) is 5.31. The Hall–Kier alpha value is -2.78. The third kappa shape index (κ3) is 6.76. The normalized spacial score (nSPS) is 12.1. The minimum Gasteiger partial charge on any atom is -0.357 e. The monoisotopic (exact) mass is 581 g/mol. The van der Waals surface area contributed by atoms with Gasteiger partial charge in [-0.15, -0.1) is 0 Å². The number of benzene rings is 3. The SMILES string of the molecule is CNC(=O)[C@@H](C)N(Cc1ccccc1Cl)C(=O)CN(c1ccc(Cl)c(Cl)c1)S(=O)(=O)c1ccc(C)cc1. The van der Waals surface area contributed by atoms with Gasteiger partial charge in [-0.3, -0.25) is 13.9 Å². The van der Waals surface area contributed by atoms with E-state index < -0.39 is 34.4 Å². The van der Waals surface area contributed by atoms with Crippen LogP contribution in [0.25, 0.3) is 0 Å². The average molecular weight is 583 g/mol. The predicted molar refractivity (Wildman–Crippen MR) is 148 cm³/mol. The number of sulfonamides is 1. The van der Waals surface area contributed by atoms with Gasteiger partial charge >= 0.3 is 0 Å². The highest BCUT2D eigenvalue weighted by molar-refractivity contribution is 7.92. The fourth-order valence-corrected chi connectivity index (χ4v) is 5.50. The van der Waals surface area contributed by atoms with Gasteiger partial charge in [-0.25, -0.2) is 8.42 Å². The van der Waals surface area contributed by atoms with Crippen LogP contribution in [0.1, 0.15) is 18.1 Å². The third-order valence-corrected chi connectivity index (χ3v) is 8.69.